The molecule has 64 heavy (non-hydrogen) atoms. The molecule has 6 aromatic rings. The van der Waals surface area contributed by atoms with Gasteiger partial charge in [0.2, 0.25) is 0 Å². The third kappa shape index (κ3) is 12.4. The molecule has 2 aliphatic rings. The number of aliphatic hydroxyl groups is 1. The van der Waals surface area contributed by atoms with Crippen molar-refractivity contribution < 1.29 is 40.3 Å². The summed E-state index contributed by atoms with van der Waals surface area (Å²) in [5.74, 6) is -0.860. The van der Waals surface area contributed by atoms with Gasteiger partial charge in [-0.05, 0) is 107 Å². The van der Waals surface area contributed by atoms with Gasteiger partial charge in [0.1, 0.15) is 40.9 Å². The van der Waals surface area contributed by atoms with Gasteiger partial charge < -0.3 is 15.6 Å². The first-order valence-electron chi connectivity index (χ1n) is 19.5. The summed E-state index contributed by atoms with van der Waals surface area (Å²) < 4.78 is 91.4. The molecule has 2 fully saturated rings. The van der Waals surface area contributed by atoms with Crippen molar-refractivity contribution in [2.24, 2.45) is 0 Å². The molecule has 0 unspecified atom stereocenters. The van der Waals surface area contributed by atoms with E-state index < -0.39 is 43.7 Å². The van der Waals surface area contributed by atoms with Crippen molar-refractivity contribution >= 4 is 84.0 Å². The number of nitrogens with two attached hydrogens (primary N) is 1. The Kier molecular flexibility index (Phi) is 15.8. The second kappa shape index (κ2) is 20.7. The second-order valence-corrected chi connectivity index (χ2v) is 18.5. The highest BCUT2D eigenvalue weighted by molar-refractivity contribution is 7.90. The molecule has 6 heterocycles. The molecule has 0 saturated carbocycles. The number of amides is 1. The molecule has 2 aromatic carbocycles. The number of rotatable bonds is 9. The normalized spacial score (nSPS) is 14.4. The summed E-state index contributed by atoms with van der Waals surface area (Å²) in [7, 11) is -6.50. The highest BCUT2D eigenvalue weighted by atomic mass is 35.5. The van der Waals surface area contributed by atoms with E-state index in [0.717, 1.165) is 44.9 Å². The van der Waals surface area contributed by atoms with Crippen LogP contribution in [0.3, 0.4) is 0 Å². The van der Waals surface area contributed by atoms with Crippen LogP contribution in [0.25, 0.3) is 44.6 Å². The Hall–Kier alpha value is -5.98. The predicted octanol–water partition coefficient (Wildman–Crippen LogP) is 6.13. The molecule has 0 atom stereocenters. The van der Waals surface area contributed by atoms with Crippen molar-refractivity contribution in [3.05, 3.63) is 85.0 Å². The number of benzene rings is 2. The quantitative estimate of drug-likeness (QED) is 0.109. The van der Waals surface area contributed by atoms with Gasteiger partial charge in [0.05, 0.1) is 33.8 Å². The number of aromatic nitrogens is 6. The van der Waals surface area contributed by atoms with Crippen LogP contribution in [-0.4, -0.2) is 105 Å². The Morgan fingerprint density at radius 3 is 1.59 bits per heavy atom. The van der Waals surface area contributed by atoms with E-state index in [1.165, 1.54) is 45.5 Å². The van der Waals surface area contributed by atoms with Gasteiger partial charge in [-0.3, -0.25) is 14.8 Å². The van der Waals surface area contributed by atoms with Crippen molar-refractivity contribution in [2.75, 3.05) is 53.8 Å². The lowest BCUT2D eigenvalue weighted by Gasteiger charge is -2.19. The van der Waals surface area contributed by atoms with Crippen LogP contribution < -0.4 is 20.5 Å². The number of pyridine rings is 2. The molecule has 24 heteroatoms. The SMILES string of the molecule is CC(C)(C)OC(=O)Nc1ncnc2ccc(-c3cc(F)cc(NS(=O)(=O)N4CCCC4)c3)nc12.CO.Cl.Nc1ncnc2ccc(-c3cc(F)cc(NS(=O)(=O)N4CCCC4)c3)nc12. The largest absolute Gasteiger partial charge is 0.444 e. The Labute approximate surface area is 374 Å². The van der Waals surface area contributed by atoms with Crippen LogP contribution in [0.15, 0.2) is 73.3 Å². The summed E-state index contributed by atoms with van der Waals surface area (Å²) in [6.45, 7) is 6.99. The van der Waals surface area contributed by atoms with Crippen molar-refractivity contribution in [2.45, 2.75) is 52.1 Å². The van der Waals surface area contributed by atoms with Gasteiger partial charge >= 0.3 is 26.5 Å². The first-order valence-corrected chi connectivity index (χ1v) is 22.4. The maximum atomic E-state index is 14.4. The lowest BCUT2D eigenvalue weighted by Crippen LogP contribution is -2.33. The van der Waals surface area contributed by atoms with Gasteiger partial charge in [-0.25, -0.2) is 43.5 Å². The van der Waals surface area contributed by atoms with E-state index in [4.69, 9.17) is 15.6 Å². The van der Waals surface area contributed by atoms with Crippen LogP contribution in [0, 0.1) is 11.6 Å². The highest BCUT2D eigenvalue weighted by Gasteiger charge is 2.27. The number of halogens is 3. The monoisotopic (exact) mass is 944 g/mol. The molecule has 0 radical (unpaired) electrons. The number of nitrogens with zero attached hydrogens (tertiary/aromatic N) is 8. The van der Waals surface area contributed by atoms with Crippen LogP contribution in [0.5, 0.6) is 0 Å². The molecule has 2 saturated heterocycles. The lowest BCUT2D eigenvalue weighted by atomic mass is 10.1. The standard InChI is InChI=1S/C22H25FN6O4S.C17H17FN6O2S.CH4O.ClH/c1-22(2,3)33-21(30)27-20-19-18(24-13-25-20)7-6-17(26-19)14-10-15(23)12-16(11-14)28-34(31,32)29-8-4-5-9-29;18-12-7-11(14-3-4-15-16(22-14)17(19)21-10-20-15)8-13(9-12)23-27(25,26)24-5-1-2-6-24;1-2;/h6-7,10-13,28H,4-5,8-9H2,1-3H3,(H,24,25,27,30);3-4,7-10,23H,1-2,5-6H2,(H2,19,20,21);2H,1H3;1H. The zero-order valence-corrected chi connectivity index (χ0v) is 37.6. The van der Waals surface area contributed by atoms with E-state index >= 15 is 0 Å². The Bertz CT molecular complexity index is 2850. The Morgan fingerprint density at radius 1 is 0.688 bits per heavy atom. The van der Waals surface area contributed by atoms with Crippen LogP contribution in [0.2, 0.25) is 0 Å². The van der Waals surface area contributed by atoms with Gasteiger partial charge in [0.25, 0.3) is 0 Å². The minimum absolute atomic E-state index is 0. The molecule has 342 valence electrons. The lowest BCUT2D eigenvalue weighted by molar-refractivity contribution is 0.0635. The summed E-state index contributed by atoms with van der Waals surface area (Å²) in [5, 5.41) is 9.56. The summed E-state index contributed by atoms with van der Waals surface area (Å²) >= 11 is 0. The van der Waals surface area contributed by atoms with Gasteiger partial charge in [-0.1, -0.05) is 0 Å². The molecule has 0 bridgehead atoms. The molecule has 1 amide bonds. The third-order valence-corrected chi connectivity index (χ3v) is 12.4. The average molecular weight is 945 g/mol. The van der Waals surface area contributed by atoms with Crippen LogP contribution in [-0.2, 0) is 25.2 Å². The number of fused-ring (bicyclic) bond motifs is 2. The topological polar surface area (TPSA) is 261 Å². The van der Waals surface area contributed by atoms with Crippen molar-refractivity contribution in [3.63, 3.8) is 0 Å². The predicted molar refractivity (Wildman–Crippen MR) is 242 cm³/mol. The average Bonchev–Trinajstić information content (AvgIpc) is 3.98. The molecule has 0 spiro atoms. The fourth-order valence-corrected chi connectivity index (χ4v) is 9.16. The Morgan fingerprint density at radius 2 is 1.12 bits per heavy atom. The molecule has 0 aliphatic carbocycles. The molecular formula is C40H47ClF2N12O7S2. The number of ether oxygens (including phenoxy) is 1. The smallest absolute Gasteiger partial charge is 0.413 e. The van der Waals surface area contributed by atoms with E-state index in [9.17, 15) is 30.4 Å². The molecule has 8 rings (SSSR count). The number of hydrogen-bond acceptors (Lipinski definition) is 14. The van der Waals surface area contributed by atoms with E-state index in [-0.39, 0.29) is 40.9 Å². The molecular weight excluding hydrogens is 898 g/mol. The van der Waals surface area contributed by atoms with Gasteiger partial charge in [-0.2, -0.15) is 25.4 Å². The minimum atomic E-state index is -3.78. The van der Waals surface area contributed by atoms with Gasteiger partial charge in [0.15, 0.2) is 11.6 Å². The summed E-state index contributed by atoms with van der Waals surface area (Å²) in [6.07, 6.45) is 5.13. The summed E-state index contributed by atoms with van der Waals surface area (Å²) in [6, 6.07) is 14.4. The zero-order valence-electron chi connectivity index (χ0n) is 35.1. The second-order valence-electron chi connectivity index (χ2n) is 15.1. The van der Waals surface area contributed by atoms with E-state index in [1.54, 1.807) is 45.0 Å². The van der Waals surface area contributed by atoms with Crippen molar-refractivity contribution in [1.29, 1.82) is 0 Å². The summed E-state index contributed by atoms with van der Waals surface area (Å²) in [4.78, 5) is 37.3. The van der Waals surface area contributed by atoms with Gasteiger partial charge in [-0.15, -0.1) is 12.4 Å². The Balaban J connectivity index is 0.000000233. The number of nitrogens with one attached hydrogen (secondary N) is 3. The first-order chi connectivity index (χ1) is 29.9. The summed E-state index contributed by atoms with van der Waals surface area (Å²) in [5.41, 5.74) is 8.58. The van der Waals surface area contributed by atoms with E-state index in [2.05, 4.69) is 44.7 Å². The maximum absolute atomic E-state index is 14.4. The highest BCUT2D eigenvalue weighted by Crippen LogP contribution is 2.29. The van der Waals surface area contributed by atoms with Crippen LogP contribution in [0.1, 0.15) is 46.5 Å². The van der Waals surface area contributed by atoms with Crippen molar-refractivity contribution in [3.8, 4) is 22.5 Å². The third-order valence-electron chi connectivity index (χ3n) is 9.30. The number of carbonyl (C=O) groups is 1. The zero-order chi connectivity index (χ0) is 45.5. The number of nitrogen functional groups attached to an aromatic ring is 1. The maximum Gasteiger partial charge on any atom is 0.413 e. The number of carbonyl (C=O) groups excluding carboxylic acids is 1. The fraction of sp³-hybridized carbons (Fsp3) is 0.325. The van der Waals surface area contributed by atoms with E-state index in [0.29, 0.717) is 65.2 Å². The number of hydrogen-bond donors (Lipinski definition) is 5. The fourth-order valence-electron chi connectivity index (χ4n) is 6.59. The molecule has 4 aromatic heterocycles. The number of anilines is 4. The molecule has 19 nitrogen and oxygen atoms in total. The van der Waals surface area contributed by atoms with Crippen LogP contribution >= 0.6 is 12.4 Å². The van der Waals surface area contributed by atoms with Crippen LogP contribution in [0.4, 0.5) is 36.6 Å². The van der Waals surface area contributed by atoms with Gasteiger partial charge in [0, 0.05) is 44.4 Å². The first kappa shape index (κ1) is 49.0. The molecule has 6 N–H and O–H groups in total. The number of aliphatic hydroxyl groups excluding tert-OH is 1. The van der Waals surface area contributed by atoms with Crippen molar-refractivity contribution in [1.82, 2.24) is 38.5 Å². The van der Waals surface area contributed by atoms with E-state index in [1.807, 2.05) is 0 Å². The molecule has 2 aliphatic heterocycles. The minimum Gasteiger partial charge on any atom is -0.444 e.